The Balaban J connectivity index is 2.30. The van der Waals surface area contributed by atoms with E-state index < -0.39 is 10.0 Å². The maximum absolute atomic E-state index is 12.6. The lowest BCUT2D eigenvalue weighted by atomic mass is 9.86. The Morgan fingerprint density at radius 1 is 1.29 bits per heavy atom. The number of aliphatic hydroxyl groups is 1. The summed E-state index contributed by atoms with van der Waals surface area (Å²) in [5.74, 6) is -0.00372. The molecular formula is C15H24N2O3S. The minimum Gasteiger partial charge on any atom is -0.398 e. The SMILES string of the molecule is Cc1cc(N)c(C)c(S(=O)(=O)NC2CCCCC2CO)c1. The molecule has 1 aromatic carbocycles. The fraction of sp³-hybridized carbons (Fsp3) is 0.600. The van der Waals surface area contributed by atoms with Gasteiger partial charge in [-0.15, -0.1) is 0 Å². The average molecular weight is 312 g/mol. The van der Waals surface area contributed by atoms with Gasteiger partial charge in [-0.1, -0.05) is 12.8 Å². The molecule has 2 rings (SSSR count). The molecule has 0 aliphatic heterocycles. The lowest BCUT2D eigenvalue weighted by Crippen LogP contribution is -2.43. The lowest BCUT2D eigenvalue weighted by molar-refractivity contribution is 0.164. The monoisotopic (exact) mass is 312 g/mol. The van der Waals surface area contributed by atoms with E-state index in [-0.39, 0.29) is 23.5 Å². The van der Waals surface area contributed by atoms with Crippen LogP contribution in [0.15, 0.2) is 17.0 Å². The summed E-state index contributed by atoms with van der Waals surface area (Å²) < 4.78 is 28.0. The molecule has 1 fully saturated rings. The van der Waals surface area contributed by atoms with Crippen molar-refractivity contribution in [3.63, 3.8) is 0 Å². The molecule has 6 heteroatoms. The van der Waals surface area contributed by atoms with Crippen molar-refractivity contribution in [1.82, 2.24) is 4.72 Å². The number of nitrogens with two attached hydrogens (primary N) is 1. The molecule has 21 heavy (non-hydrogen) atoms. The van der Waals surface area contributed by atoms with Crippen LogP contribution in [-0.4, -0.2) is 26.2 Å². The third-order valence-corrected chi connectivity index (χ3v) is 5.90. The molecule has 2 unspecified atom stereocenters. The molecule has 1 aliphatic rings. The van der Waals surface area contributed by atoms with Crippen molar-refractivity contribution in [3.8, 4) is 0 Å². The van der Waals surface area contributed by atoms with E-state index >= 15 is 0 Å². The second-order valence-electron chi connectivity index (χ2n) is 5.93. The number of nitrogens with one attached hydrogen (secondary N) is 1. The summed E-state index contributed by atoms with van der Waals surface area (Å²) in [4.78, 5) is 0.238. The van der Waals surface area contributed by atoms with Crippen LogP contribution in [-0.2, 0) is 10.0 Å². The van der Waals surface area contributed by atoms with E-state index in [1.54, 1.807) is 19.1 Å². The van der Waals surface area contributed by atoms with Crippen molar-refractivity contribution in [2.45, 2.75) is 50.5 Å². The summed E-state index contributed by atoms with van der Waals surface area (Å²) in [5, 5.41) is 9.42. The van der Waals surface area contributed by atoms with Gasteiger partial charge in [-0.2, -0.15) is 0 Å². The van der Waals surface area contributed by atoms with Gasteiger partial charge < -0.3 is 10.8 Å². The molecule has 1 saturated carbocycles. The summed E-state index contributed by atoms with van der Waals surface area (Å²) in [6.07, 6.45) is 3.65. The van der Waals surface area contributed by atoms with Crippen molar-refractivity contribution in [3.05, 3.63) is 23.3 Å². The van der Waals surface area contributed by atoms with Gasteiger partial charge in [0.25, 0.3) is 0 Å². The van der Waals surface area contributed by atoms with E-state index in [0.717, 1.165) is 31.2 Å². The van der Waals surface area contributed by atoms with E-state index in [0.29, 0.717) is 11.3 Å². The van der Waals surface area contributed by atoms with E-state index in [9.17, 15) is 13.5 Å². The molecule has 0 saturated heterocycles. The second-order valence-corrected chi connectivity index (χ2v) is 7.61. The van der Waals surface area contributed by atoms with Gasteiger partial charge in [0, 0.05) is 18.3 Å². The number of sulfonamides is 1. The van der Waals surface area contributed by atoms with Crippen molar-refractivity contribution in [2.75, 3.05) is 12.3 Å². The Bertz CT molecular complexity index is 614. The highest BCUT2D eigenvalue weighted by molar-refractivity contribution is 7.89. The van der Waals surface area contributed by atoms with Crippen molar-refractivity contribution in [1.29, 1.82) is 0 Å². The standard InChI is InChI=1S/C15H24N2O3S/c1-10-7-13(16)11(2)15(8-10)21(19,20)17-14-6-4-3-5-12(14)9-18/h7-8,12,14,17-18H,3-6,9,16H2,1-2H3. The number of hydrogen-bond donors (Lipinski definition) is 3. The minimum atomic E-state index is -3.62. The van der Waals surface area contributed by atoms with Gasteiger partial charge in [-0.3, -0.25) is 0 Å². The number of nitrogen functional groups attached to an aromatic ring is 1. The molecule has 0 radical (unpaired) electrons. The first-order valence-electron chi connectivity index (χ1n) is 7.35. The van der Waals surface area contributed by atoms with Crippen LogP contribution >= 0.6 is 0 Å². The topological polar surface area (TPSA) is 92.4 Å². The number of aryl methyl sites for hydroxylation is 1. The third kappa shape index (κ3) is 3.56. The summed E-state index contributed by atoms with van der Waals surface area (Å²) in [6.45, 7) is 3.56. The van der Waals surface area contributed by atoms with E-state index in [1.165, 1.54) is 0 Å². The summed E-state index contributed by atoms with van der Waals surface area (Å²) in [5.41, 5.74) is 7.75. The van der Waals surface area contributed by atoms with Crippen molar-refractivity contribution >= 4 is 15.7 Å². The maximum atomic E-state index is 12.6. The van der Waals surface area contributed by atoms with Crippen molar-refractivity contribution in [2.24, 2.45) is 5.92 Å². The molecule has 118 valence electrons. The number of benzene rings is 1. The van der Waals surface area contributed by atoms with Gasteiger partial charge in [0.2, 0.25) is 10.0 Å². The first kappa shape index (κ1) is 16.3. The molecule has 5 nitrogen and oxygen atoms in total. The molecule has 0 amide bonds. The molecule has 0 heterocycles. The van der Waals surface area contributed by atoms with Crippen LogP contribution in [0.25, 0.3) is 0 Å². The first-order valence-corrected chi connectivity index (χ1v) is 8.83. The van der Waals surface area contributed by atoms with Gasteiger partial charge in [-0.05, 0) is 55.9 Å². The Kier molecular flexibility index (Phi) is 4.91. The predicted molar refractivity (Wildman–Crippen MR) is 83.5 cm³/mol. The summed E-state index contributed by atoms with van der Waals surface area (Å²) in [7, 11) is -3.62. The molecule has 1 aliphatic carbocycles. The van der Waals surface area contributed by atoms with E-state index in [4.69, 9.17) is 5.73 Å². The van der Waals surface area contributed by atoms with Gasteiger partial charge in [0.05, 0.1) is 4.90 Å². The normalized spacial score (nSPS) is 23.2. The van der Waals surface area contributed by atoms with Crippen LogP contribution in [0.3, 0.4) is 0 Å². The average Bonchev–Trinajstić information content (AvgIpc) is 2.43. The van der Waals surface area contributed by atoms with Crippen LogP contribution in [0.1, 0.15) is 36.8 Å². The zero-order chi connectivity index (χ0) is 15.6. The van der Waals surface area contributed by atoms with E-state index in [1.807, 2.05) is 6.92 Å². The number of aliphatic hydroxyl groups excluding tert-OH is 1. The van der Waals surface area contributed by atoms with Crippen LogP contribution in [0, 0.1) is 19.8 Å². The highest BCUT2D eigenvalue weighted by Gasteiger charge is 2.30. The number of anilines is 1. The van der Waals surface area contributed by atoms with Crippen molar-refractivity contribution < 1.29 is 13.5 Å². The van der Waals surface area contributed by atoms with Gasteiger partial charge in [0.1, 0.15) is 0 Å². The molecule has 0 aromatic heterocycles. The molecular weight excluding hydrogens is 288 g/mol. The quantitative estimate of drug-likeness (QED) is 0.738. The van der Waals surface area contributed by atoms with Gasteiger partial charge in [0.15, 0.2) is 0 Å². The largest absolute Gasteiger partial charge is 0.398 e. The molecule has 1 aromatic rings. The number of hydrogen-bond acceptors (Lipinski definition) is 4. The molecule has 0 spiro atoms. The Hall–Kier alpha value is -1.11. The fourth-order valence-corrected chi connectivity index (χ4v) is 4.67. The predicted octanol–water partition coefficient (Wildman–Crippen LogP) is 1.72. The second kappa shape index (κ2) is 6.34. The Labute approximate surface area is 126 Å². The number of rotatable bonds is 4. The lowest BCUT2D eigenvalue weighted by Gasteiger charge is -2.30. The third-order valence-electron chi connectivity index (χ3n) is 4.28. The Morgan fingerprint density at radius 3 is 2.62 bits per heavy atom. The molecule has 2 atom stereocenters. The summed E-state index contributed by atoms with van der Waals surface area (Å²) in [6, 6.07) is 3.21. The van der Waals surface area contributed by atoms with E-state index in [2.05, 4.69) is 4.72 Å². The van der Waals surface area contributed by atoms with Crippen LogP contribution in [0.5, 0.6) is 0 Å². The zero-order valence-electron chi connectivity index (χ0n) is 12.6. The zero-order valence-corrected chi connectivity index (χ0v) is 13.4. The van der Waals surface area contributed by atoms with Gasteiger partial charge in [-0.25, -0.2) is 13.1 Å². The minimum absolute atomic E-state index is 0.00372. The smallest absolute Gasteiger partial charge is 0.241 e. The first-order chi connectivity index (χ1) is 9.85. The highest BCUT2D eigenvalue weighted by Crippen LogP contribution is 2.28. The summed E-state index contributed by atoms with van der Waals surface area (Å²) >= 11 is 0. The van der Waals surface area contributed by atoms with Crippen LogP contribution < -0.4 is 10.5 Å². The highest BCUT2D eigenvalue weighted by atomic mass is 32.2. The molecule has 4 N–H and O–H groups in total. The van der Waals surface area contributed by atoms with Crippen LogP contribution in [0.2, 0.25) is 0 Å². The fourth-order valence-electron chi connectivity index (χ4n) is 2.98. The van der Waals surface area contributed by atoms with Crippen LogP contribution in [0.4, 0.5) is 5.69 Å². The Morgan fingerprint density at radius 2 is 1.95 bits per heavy atom. The molecule has 0 bridgehead atoms. The maximum Gasteiger partial charge on any atom is 0.241 e. The van der Waals surface area contributed by atoms with Gasteiger partial charge >= 0.3 is 0 Å².